The van der Waals surface area contributed by atoms with E-state index in [0.29, 0.717) is 5.41 Å². The van der Waals surface area contributed by atoms with Gasteiger partial charge in [-0.1, -0.05) is 12.1 Å². The molecule has 1 spiro atoms. The van der Waals surface area contributed by atoms with E-state index in [1.54, 1.807) is 0 Å². The molecule has 25 heavy (non-hydrogen) atoms. The Morgan fingerprint density at radius 1 is 1.12 bits per heavy atom. The fourth-order valence-corrected chi connectivity index (χ4v) is 4.41. The smallest absolute Gasteiger partial charge is 0.253 e. The molecule has 1 aromatic rings. The van der Waals surface area contributed by atoms with E-state index in [0.717, 1.165) is 77.4 Å². The predicted octanol–water partition coefficient (Wildman–Crippen LogP) is 1.73. The van der Waals surface area contributed by atoms with Gasteiger partial charge < -0.3 is 15.0 Å². The summed E-state index contributed by atoms with van der Waals surface area (Å²) in [6, 6.07) is 8.20. The van der Waals surface area contributed by atoms with Gasteiger partial charge in [-0.3, -0.25) is 9.69 Å². The molecular formula is C20H29N3O2. The Hall–Kier alpha value is -1.43. The monoisotopic (exact) mass is 343 g/mol. The van der Waals surface area contributed by atoms with Crippen LogP contribution in [-0.4, -0.2) is 68.2 Å². The summed E-state index contributed by atoms with van der Waals surface area (Å²) < 4.78 is 5.41. The van der Waals surface area contributed by atoms with Gasteiger partial charge >= 0.3 is 0 Å². The average Bonchev–Trinajstić information content (AvgIpc) is 3.11. The van der Waals surface area contributed by atoms with Gasteiger partial charge in [-0.2, -0.15) is 0 Å². The second-order valence-electron chi connectivity index (χ2n) is 7.81. The van der Waals surface area contributed by atoms with Crippen LogP contribution in [0.5, 0.6) is 0 Å². The van der Waals surface area contributed by atoms with Gasteiger partial charge in [0.05, 0.1) is 13.2 Å². The topological polar surface area (TPSA) is 44.8 Å². The summed E-state index contributed by atoms with van der Waals surface area (Å²) in [5.41, 5.74) is 2.52. The van der Waals surface area contributed by atoms with Gasteiger partial charge in [-0.05, 0) is 48.9 Å². The fourth-order valence-electron chi connectivity index (χ4n) is 4.41. The molecule has 3 fully saturated rings. The Labute approximate surface area is 150 Å². The molecule has 1 N–H and O–H groups in total. The number of ether oxygens (including phenoxy) is 1. The van der Waals surface area contributed by atoms with Gasteiger partial charge in [0.25, 0.3) is 5.91 Å². The lowest BCUT2D eigenvalue weighted by Crippen LogP contribution is -2.44. The van der Waals surface area contributed by atoms with E-state index in [1.807, 2.05) is 12.1 Å². The number of hydrogen-bond donors (Lipinski definition) is 1. The van der Waals surface area contributed by atoms with Crippen molar-refractivity contribution in [3.8, 4) is 0 Å². The zero-order chi connectivity index (χ0) is 17.1. The summed E-state index contributed by atoms with van der Waals surface area (Å²) in [4.78, 5) is 17.4. The molecule has 5 heteroatoms. The zero-order valence-electron chi connectivity index (χ0n) is 15.0. The molecule has 0 unspecified atom stereocenters. The average molecular weight is 343 g/mol. The Morgan fingerprint density at radius 2 is 1.92 bits per heavy atom. The van der Waals surface area contributed by atoms with Crippen molar-refractivity contribution in [2.24, 2.45) is 5.41 Å². The Balaban J connectivity index is 1.37. The van der Waals surface area contributed by atoms with Crippen LogP contribution in [0.2, 0.25) is 0 Å². The first-order valence-electron chi connectivity index (χ1n) is 9.63. The van der Waals surface area contributed by atoms with Gasteiger partial charge in [0.15, 0.2) is 0 Å². The van der Waals surface area contributed by atoms with Crippen molar-refractivity contribution >= 4 is 5.91 Å². The maximum atomic E-state index is 12.9. The molecule has 136 valence electrons. The van der Waals surface area contributed by atoms with E-state index >= 15 is 0 Å². The van der Waals surface area contributed by atoms with Gasteiger partial charge in [-0.15, -0.1) is 0 Å². The van der Waals surface area contributed by atoms with Crippen LogP contribution in [0.1, 0.15) is 35.2 Å². The third-order valence-corrected chi connectivity index (χ3v) is 6.13. The number of carbonyl (C=O) groups is 1. The van der Waals surface area contributed by atoms with Gasteiger partial charge in [0.2, 0.25) is 0 Å². The molecule has 5 nitrogen and oxygen atoms in total. The van der Waals surface area contributed by atoms with Crippen molar-refractivity contribution in [2.75, 3.05) is 52.5 Å². The highest BCUT2D eigenvalue weighted by atomic mass is 16.5. The number of morpholine rings is 1. The molecule has 3 aliphatic heterocycles. The highest BCUT2D eigenvalue weighted by Crippen LogP contribution is 2.37. The first kappa shape index (κ1) is 17.0. The second kappa shape index (κ2) is 7.44. The molecule has 0 radical (unpaired) electrons. The molecule has 0 saturated carbocycles. The standard InChI is InChI=1S/C20H29N3O2/c24-19(23-8-5-20(6-9-23)4-7-21-16-20)18-3-1-2-17(14-18)15-22-10-12-25-13-11-22/h1-3,14,21H,4-13,15-16H2. The minimum Gasteiger partial charge on any atom is -0.379 e. The lowest BCUT2D eigenvalue weighted by molar-refractivity contribution is 0.0341. The van der Waals surface area contributed by atoms with E-state index in [4.69, 9.17) is 4.74 Å². The Kier molecular flexibility index (Phi) is 5.06. The van der Waals surface area contributed by atoms with Gasteiger partial charge in [0.1, 0.15) is 0 Å². The van der Waals surface area contributed by atoms with Crippen molar-refractivity contribution in [1.29, 1.82) is 0 Å². The molecule has 1 aromatic carbocycles. The molecule has 0 aliphatic carbocycles. The summed E-state index contributed by atoms with van der Waals surface area (Å²) in [5, 5.41) is 3.49. The van der Waals surface area contributed by atoms with Crippen LogP contribution in [0.15, 0.2) is 24.3 Å². The molecule has 3 heterocycles. The van der Waals surface area contributed by atoms with Crippen LogP contribution in [-0.2, 0) is 11.3 Å². The first-order chi connectivity index (χ1) is 12.2. The minimum absolute atomic E-state index is 0.199. The van der Waals surface area contributed by atoms with E-state index in [-0.39, 0.29) is 5.91 Å². The third-order valence-electron chi connectivity index (χ3n) is 6.13. The molecule has 0 bridgehead atoms. The quantitative estimate of drug-likeness (QED) is 0.908. The zero-order valence-corrected chi connectivity index (χ0v) is 15.0. The van der Waals surface area contributed by atoms with Crippen molar-refractivity contribution in [2.45, 2.75) is 25.8 Å². The number of likely N-dealkylation sites (tertiary alicyclic amines) is 1. The lowest BCUT2D eigenvalue weighted by atomic mass is 9.78. The summed E-state index contributed by atoms with van der Waals surface area (Å²) in [7, 11) is 0. The summed E-state index contributed by atoms with van der Waals surface area (Å²) in [6.07, 6.45) is 3.54. The summed E-state index contributed by atoms with van der Waals surface area (Å²) in [6.45, 7) is 8.52. The van der Waals surface area contributed by atoms with Crippen LogP contribution < -0.4 is 5.32 Å². The Bertz CT molecular complexity index is 597. The fraction of sp³-hybridized carbons (Fsp3) is 0.650. The van der Waals surface area contributed by atoms with Crippen molar-refractivity contribution < 1.29 is 9.53 Å². The van der Waals surface area contributed by atoms with Crippen LogP contribution in [0.4, 0.5) is 0 Å². The minimum atomic E-state index is 0.199. The summed E-state index contributed by atoms with van der Waals surface area (Å²) >= 11 is 0. The van der Waals surface area contributed by atoms with Gasteiger partial charge in [0, 0.05) is 44.8 Å². The molecule has 0 atom stereocenters. The molecule has 0 aromatic heterocycles. The highest BCUT2D eigenvalue weighted by Gasteiger charge is 2.38. The van der Waals surface area contributed by atoms with Crippen LogP contribution in [0.3, 0.4) is 0 Å². The molecular weight excluding hydrogens is 314 g/mol. The first-order valence-corrected chi connectivity index (χ1v) is 9.63. The molecule has 1 amide bonds. The predicted molar refractivity (Wildman–Crippen MR) is 97.6 cm³/mol. The highest BCUT2D eigenvalue weighted by molar-refractivity contribution is 5.94. The third kappa shape index (κ3) is 3.89. The number of benzene rings is 1. The number of amides is 1. The van der Waals surface area contributed by atoms with Crippen LogP contribution in [0, 0.1) is 5.41 Å². The lowest BCUT2D eigenvalue weighted by Gasteiger charge is -2.39. The van der Waals surface area contributed by atoms with E-state index < -0.39 is 0 Å². The number of carbonyl (C=O) groups excluding carboxylic acids is 1. The van der Waals surface area contributed by atoms with Gasteiger partial charge in [-0.25, -0.2) is 0 Å². The van der Waals surface area contributed by atoms with Crippen molar-refractivity contribution in [3.63, 3.8) is 0 Å². The van der Waals surface area contributed by atoms with E-state index in [9.17, 15) is 4.79 Å². The number of piperidine rings is 1. The maximum absolute atomic E-state index is 12.9. The van der Waals surface area contributed by atoms with E-state index in [2.05, 4.69) is 27.2 Å². The van der Waals surface area contributed by atoms with Crippen molar-refractivity contribution in [3.05, 3.63) is 35.4 Å². The number of rotatable bonds is 3. The second-order valence-corrected chi connectivity index (χ2v) is 7.81. The van der Waals surface area contributed by atoms with E-state index in [1.165, 1.54) is 12.0 Å². The largest absolute Gasteiger partial charge is 0.379 e. The van der Waals surface area contributed by atoms with Crippen LogP contribution in [0.25, 0.3) is 0 Å². The summed E-state index contributed by atoms with van der Waals surface area (Å²) in [5.74, 6) is 0.199. The molecule has 3 saturated heterocycles. The number of nitrogens with zero attached hydrogens (tertiary/aromatic N) is 2. The Morgan fingerprint density at radius 3 is 2.64 bits per heavy atom. The normalized spacial score (nSPS) is 23.9. The van der Waals surface area contributed by atoms with Crippen molar-refractivity contribution in [1.82, 2.24) is 15.1 Å². The SMILES string of the molecule is O=C(c1cccc(CN2CCOCC2)c1)N1CCC2(CCNC2)CC1. The van der Waals surface area contributed by atoms with Crippen LogP contribution >= 0.6 is 0 Å². The maximum Gasteiger partial charge on any atom is 0.253 e. The number of nitrogens with one attached hydrogen (secondary N) is 1. The molecule has 3 aliphatic rings. The molecule has 4 rings (SSSR count). The number of hydrogen-bond acceptors (Lipinski definition) is 4.